The van der Waals surface area contributed by atoms with Gasteiger partial charge in [-0.05, 0) is 55.2 Å². The highest BCUT2D eigenvalue weighted by molar-refractivity contribution is 5.36. The van der Waals surface area contributed by atoms with Crippen LogP contribution >= 0.6 is 0 Å². The van der Waals surface area contributed by atoms with Crippen LogP contribution in [0.1, 0.15) is 61.8 Å². The van der Waals surface area contributed by atoms with Crippen LogP contribution in [0.25, 0.3) is 0 Å². The van der Waals surface area contributed by atoms with E-state index in [1.54, 1.807) is 0 Å². The number of benzene rings is 1. The van der Waals surface area contributed by atoms with E-state index in [1.807, 2.05) is 0 Å². The Morgan fingerprint density at radius 1 is 1.24 bits per heavy atom. The van der Waals surface area contributed by atoms with Gasteiger partial charge in [0.1, 0.15) is 0 Å². The summed E-state index contributed by atoms with van der Waals surface area (Å²) in [7, 11) is 0. The normalized spacial score (nSPS) is 20.5. The summed E-state index contributed by atoms with van der Waals surface area (Å²) in [4.78, 5) is 0. The number of hydrogen-bond acceptors (Lipinski definition) is 1. The molecule has 0 amide bonds. The quantitative estimate of drug-likeness (QED) is 0.826. The summed E-state index contributed by atoms with van der Waals surface area (Å²) in [5.74, 6) is 0. The van der Waals surface area contributed by atoms with Crippen LogP contribution in [0.2, 0.25) is 0 Å². The molecule has 0 bridgehead atoms. The van der Waals surface area contributed by atoms with Crippen molar-refractivity contribution in [1.29, 1.82) is 0 Å². The summed E-state index contributed by atoms with van der Waals surface area (Å²) in [6.07, 6.45) is 6.52. The number of nitrogens with two attached hydrogens (primary N) is 1. The molecule has 0 aliphatic heterocycles. The third-order valence-corrected chi connectivity index (χ3v) is 4.94. The highest BCUT2D eigenvalue weighted by atomic mass is 14.7. The Hall–Kier alpha value is -0.820. The van der Waals surface area contributed by atoms with Crippen molar-refractivity contribution in [1.82, 2.24) is 0 Å². The molecule has 1 heteroatoms. The van der Waals surface area contributed by atoms with Crippen molar-refractivity contribution in [3.8, 4) is 0 Å². The van der Waals surface area contributed by atoms with Crippen molar-refractivity contribution in [3.63, 3.8) is 0 Å². The van der Waals surface area contributed by atoms with E-state index in [1.165, 1.54) is 48.8 Å². The molecule has 1 saturated carbocycles. The molecule has 1 aliphatic carbocycles. The van der Waals surface area contributed by atoms with Gasteiger partial charge in [0.05, 0.1) is 0 Å². The fourth-order valence-electron chi connectivity index (χ4n) is 3.40. The maximum atomic E-state index is 6.62. The van der Waals surface area contributed by atoms with E-state index in [-0.39, 0.29) is 6.04 Å². The predicted octanol–water partition coefficient (Wildman–Crippen LogP) is 4.27. The molecule has 0 radical (unpaired) electrons. The van der Waals surface area contributed by atoms with Gasteiger partial charge in [0.25, 0.3) is 0 Å². The second kappa shape index (κ2) is 4.81. The van der Waals surface area contributed by atoms with Crippen molar-refractivity contribution >= 4 is 0 Å². The number of aryl methyl sites for hydroxylation is 1. The van der Waals surface area contributed by atoms with Crippen molar-refractivity contribution < 1.29 is 0 Å². The highest BCUT2D eigenvalue weighted by Crippen LogP contribution is 2.49. The second-order valence-corrected chi connectivity index (χ2v) is 5.69. The lowest BCUT2D eigenvalue weighted by atomic mass is 9.73. The third-order valence-electron chi connectivity index (χ3n) is 4.94. The summed E-state index contributed by atoms with van der Waals surface area (Å²) in [5.41, 5.74) is 11.1. The summed E-state index contributed by atoms with van der Waals surface area (Å²) in [6, 6.07) is 6.77. The molecule has 0 aromatic heterocycles. The van der Waals surface area contributed by atoms with Gasteiger partial charge in [0.15, 0.2) is 0 Å². The minimum absolute atomic E-state index is 0.217. The van der Waals surface area contributed by atoms with Gasteiger partial charge in [-0.25, -0.2) is 0 Å². The molecule has 17 heavy (non-hydrogen) atoms. The molecular formula is C16H25N. The molecule has 0 saturated heterocycles. The second-order valence-electron chi connectivity index (χ2n) is 5.69. The van der Waals surface area contributed by atoms with E-state index < -0.39 is 0 Å². The Kier molecular flexibility index (Phi) is 3.58. The van der Waals surface area contributed by atoms with Crippen LogP contribution in [-0.4, -0.2) is 0 Å². The summed E-state index contributed by atoms with van der Waals surface area (Å²) in [6.45, 7) is 6.69. The van der Waals surface area contributed by atoms with Gasteiger partial charge in [-0.15, -0.1) is 0 Å². The molecule has 2 rings (SSSR count). The van der Waals surface area contributed by atoms with Gasteiger partial charge in [-0.3, -0.25) is 0 Å². The number of rotatable bonds is 3. The van der Waals surface area contributed by atoms with E-state index in [2.05, 4.69) is 39.0 Å². The molecule has 1 fully saturated rings. The van der Waals surface area contributed by atoms with Crippen molar-refractivity contribution in [2.75, 3.05) is 0 Å². The average molecular weight is 231 g/mol. The lowest BCUT2D eigenvalue weighted by Crippen LogP contribution is -2.32. The first-order valence-corrected chi connectivity index (χ1v) is 6.92. The van der Waals surface area contributed by atoms with Crippen LogP contribution in [0.5, 0.6) is 0 Å². The van der Waals surface area contributed by atoms with Gasteiger partial charge in [-0.1, -0.05) is 38.0 Å². The van der Waals surface area contributed by atoms with Crippen molar-refractivity contribution in [2.24, 2.45) is 11.1 Å². The van der Waals surface area contributed by atoms with Crippen LogP contribution in [0.4, 0.5) is 0 Å². The van der Waals surface area contributed by atoms with Crippen LogP contribution in [0.3, 0.4) is 0 Å². The maximum Gasteiger partial charge on any atom is 0.0354 e. The molecule has 0 spiro atoms. The lowest BCUT2D eigenvalue weighted by molar-refractivity contribution is 0.221. The summed E-state index contributed by atoms with van der Waals surface area (Å²) >= 11 is 0. The Morgan fingerprint density at radius 3 is 2.47 bits per heavy atom. The van der Waals surface area contributed by atoms with E-state index in [0.717, 1.165) is 0 Å². The molecule has 94 valence electrons. The van der Waals surface area contributed by atoms with E-state index in [4.69, 9.17) is 5.73 Å². The molecular weight excluding hydrogens is 206 g/mol. The largest absolute Gasteiger partial charge is 0.323 e. The fraction of sp³-hybridized carbons (Fsp3) is 0.625. The molecule has 1 atom stereocenters. The first kappa shape index (κ1) is 12.6. The van der Waals surface area contributed by atoms with Gasteiger partial charge in [0.2, 0.25) is 0 Å². The highest BCUT2D eigenvalue weighted by Gasteiger charge is 2.38. The Morgan fingerprint density at radius 2 is 1.88 bits per heavy atom. The van der Waals surface area contributed by atoms with Gasteiger partial charge >= 0.3 is 0 Å². The zero-order valence-electron chi connectivity index (χ0n) is 11.4. The van der Waals surface area contributed by atoms with E-state index >= 15 is 0 Å². The smallest absolute Gasteiger partial charge is 0.0354 e. The monoisotopic (exact) mass is 231 g/mol. The number of hydrogen-bond donors (Lipinski definition) is 1. The zero-order valence-corrected chi connectivity index (χ0v) is 11.4. The van der Waals surface area contributed by atoms with Crippen LogP contribution in [-0.2, 0) is 0 Å². The molecule has 1 aliphatic rings. The first-order valence-electron chi connectivity index (χ1n) is 6.92. The Labute approximate surface area is 105 Å². The van der Waals surface area contributed by atoms with Crippen molar-refractivity contribution in [3.05, 3.63) is 34.9 Å². The summed E-state index contributed by atoms with van der Waals surface area (Å²) in [5, 5.41) is 0. The molecule has 1 aromatic rings. The summed E-state index contributed by atoms with van der Waals surface area (Å²) < 4.78 is 0. The minimum atomic E-state index is 0.217. The van der Waals surface area contributed by atoms with Crippen LogP contribution < -0.4 is 5.73 Å². The SMILES string of the molecule is CCC1(C(N)c2cccc(C)c2C)CCCC1. The average Bonchev–Trinajstić information content (AvgIpc) is 2.82. The van der Waals surface area contributed by atoms with Gasteiger partial charge < -0.3 is 5.73 Å². The minimum Gasteiger partial charge on any atom is -0.323 e. The predicted molar refractivity (Wildman–Crippen MR) is 74.0 cm³/mol. The standard InChI is InChI=1S/C16H25N/c1-4-16(10-5-6-11-16)15(17)14-9-7-8-12(2)13(14)3/h7-9,15H,4-6,10-11,17H2,1-3H3. The van der Waals surface area contributed by atoms with E-state index in [0.29, 0.717) is 5.41 Å². The van der Waals surface area contributed by atoms with Crippen LogP contribution in [0, 0.1) is 19.3 Å². The van der Waals surface area contributed by atoms with Gasteiger partial charge in [0, 0.05) is 6.04 Å². The van der Waals surface area contributed by atoms with Crippen molar-refractivity contribution in [2.45, 2.75) is 58.9 Å². The first-order chi connectivity index (χ1) is 8.10. The lowest BCUT2D eigenvalue weighted by Gasteiger charge is -2.35. The molecule has 1 unspecified atom stereocenters. The molecule has 2 N–H and O–H groups in total. The Bertz CT molecular complexity index is 389. The zero-order chi connectivity index (χ0) is 12.5. The van der Waals surface area contributed by atoms with Crippen LogP contribution in [0.15, 0.2) is 18.2 Å². The third kappa shape index (κ3) is 2.13. The Balaban J connectivity index is 2.35. The fourth-order valence-corrected chi connectivity index (χ4v) is 3.40. The molecule has 1 nitrogen and oxygen atoms in total. The molecule has 0 heterocycles. The maximum absolute atomic E-state index is 6.62. The van der Waals surface area contributed by atoms with E-state index in [9.17, 15) is 0 Å². The topological polar surface area (TPSA) is 26.0 Å². The van der Waals surface area contributed by atoms with Gasteiger partial charge in [-0.2, -0.15) is 0 Å². The molecule has 1 aromatic carbocycles.